The molecule has 0 aromatic carbocycles. The number of nitrogens with zero attached hydrogens (tertiary/aromatic N) is 2. The van der Waals surface area contributed by atoms with Gasteiger partial charge in [-0.3, -0.25) is 4.98 Å². The first-order valence-corrected chi connectivity index (χ1v) is 5.87. The molecular formula is C14H20N2. The normalized spacial score (nSPS) is 12.6. The van der Waals surface area contributed by atoms with E-state index in [-0.39, 0.29) is 5.41 Å². The Kier molecular flexibility index (Phi) is 2.53. The minimum absolute atomic E-state index is 0.119. The molecule has 0 aliphatic rings. The van der Waals surface area contributed by atoms with E-state index in [4.69, 9.17) is 4.98 Å². The number of fused-ring (bicyclic) bond motifs is 1. The molecular weight excluding hydrogens is 196 g/mol. The van der Waals surface area contributed by atoms with E-state index >= 15 is 0 Å². The summed E-state index contributed by atoms with van der Waals surface area (Å²) >= 11 is 0. The monoisotopic (exact) mass is 216 g/mol. The van der Waals surface area contributed by atoms with Crippen LogP contribution in [0.1, 0.15) is 46.4 Å². The average Bonchev–Trinajstić information content (AvgIpc) is 2.58. The SMILES string of the molecule is CC(C)n1ccc2nc(C(C)(C)C)ccc21. The van der Waals surface area contributed by atoms with E-state index in [1.165, 1.54) is 5.52 Å². The van der Waals surface area contributed by atoms with E-state index in [2.05, 4.69) is 63.6 Å². The third-order valence-electron chi connectivity index (χ3n) is 2.90. The molecule has 2 nitrogen and oxygen atoms in total. The Labute approximate surface area is 97.3 Å². The van der Waals surface area contributed by atoms with Crippen LogP contribution in [0, 0.1) is 0 Å². The number of hydrogen-bond acceptors (Lipinski definition) is 1. The molecule has 2 heterocycles. The number of rotatable bonds is 1. The van der Waals surface area contributed by atoms with Gasteiger partial charge in [-0.2, -0.15) is 0 Å². The summed E-state index contributed by atoms with van der Waals surface area (Å²) in [6, 6.07) is 6.91. The standard InChI is InChI=1S/C14H20N2/c1-10(2)16-9-8-11-12(16)6-7-13(15-11)14(3,4)5/h6-10H,1-5H3. The Morgan fingerprint density at radius 2 is 1.81 bits per heavy atom. The molecule has 2 aromatic heterocycles. The van der Waals surface area contributed by atoms with Crippen molar-refractivity contribution in [1.29, 1.82) is 0 Å². The minimum atomic E-state index is 0.119. The van der Waals surface area contributed by atoms with E-state index in [1.54, 1.807) is 0 Å². The molecule has 0 aliphatic carbocycles. The third kappa shape index (κ3) is 1.84. The van der Waals surface area contributed by atoms with Gasteiger partial charge in [-0.05, 0) is 32.0 Å². The highest BCUT2D eigenvalue weighted by molar-refractivity contribution is 5.76. The lowest BCUT2D eigenvalue weighted by Gasteiger charge is -2.18. The maximum absolute atomic E-state index is 4.73. The molecule has 0 bridgehead atoms. The van der Waals surface area contributed by atoms with E-state index < -0.39 is 0 Å². The topological polar surface area (TPSA) is 17.8 Å². The second kappa shape index (κ2) is 3.62. The van der Waals surface area contributed by atoms with Gasteiger partial charge in [0.2, 0.25) is 0 Å². The lowest BCUT2D eigenvalue weighted by atomic mass is 9.91. The van der Waals surface area contributed by atoms with E-state index in [9.17, 15) is 0 Å². The summed E-state index contributed by atoms with van der Waals surface area (Å²) < 4.78 is 2.26. The zero-order valence-electron chi connectivity index (χ0n) is 10.8. The summed E-state index contributed by atoms with van der Waals surface area (Å²) in [7, 11) is 0. The zero-order chi connectivity index (χ0) is 11.9. The van der Waals surface area contributed by atoms with Gasteiger partial charge in [0.1, 0.15) is 0 Å². The summed E-state index contributed by atoms with van der Waals surface area (Å²) in [5.41, 5.74) is 3.60. The Hall–Kier alpha value is -1.31. The van der Waals surface area contributed by atoms with Crippen molar-refractivity contribution in [1.82, 2.24) is 9.55 Å². The molecule has 0 saturated heterocycles. The van der Waals surface area contributed by atoms with E-state index in [0.29, 0.717) is 6.04 Å². The maximum Gasteiger partial charge on any atom is 0.0884 e. The van der Waals surface area contributed by atoms with Gasteiger partial charge in [-0.1, -0.05) is 20.8 Å². The van der Waals surface area contributed by atoms with Crippen LogP contribution >= 0.6 is 0 Å². The molecule has 86 valence electrons. The molecule has 0 saturated carbocycles. The van der Waals surface area contributed by atoms with Crippen molar-refractivity contribution >= 4 is 11.0 Å². The summed E-state index contributed by atoms with van der Waals surface area (Å²) in [5.74, 6) is 0. The molecule has 0 spiro atoms. The summed E-state index contributed by atoms with van der Waals surface area (Å²) in [4.78, 5) is 4.73. The van der Waals surface area contributed by atoms with Crippen molar-refractivity contribution in [3.63, 3.8) is 0 Å². The van der Waals surface area contributed by atoms with E-state index in [0.717, 1.165) is 11.2 Å². The molecule has 0 N–H and O–H groups in total. The predicted molar refractivity (Wildman–Crippen MR) is 68.8 cm³/mol. The van der Waals surface area contributed by atoms with Crippen LogP contribution in [0.15, 0.2) is 24.4 Å². The van der Waals surface area contributed by atoms with Crippen LogP contribution in [0.4, 0.5) is 0 Å². The molecule has 16 heavy (non-hydrogen) atoms. The molecule has 0 unspecified atom stereocenters. The molecule has 0 aliphatic heterocycles. The smallest absolute Gasteiger partial charge is 0.0884 e. The molecule has 0 amide bonds. The van der Waals surface area contributed by atoms with Crippen LogP contribution in [-0.2, 0) is 5.41 Å². The first-order valence-electron chi connectivity index (χ1n) is 5.87. The maximum atomic E-state index is 4.73. The van der Waals surface area contributed by atoms with Gasteiger partial charge in [-0.25, -0.2) is 0 Å². The number of hydrogen-bond donors (Lipinski definition) is 0. The highest BCUT2D eigenvalue weighted by Crippen LogP contribution is 2.24. The van der Waals surface area contributed by atoms with Crippen molar-refractivity contribution in [2.24, 2.45) is 0 Å². The zero-order valence-corrected chi connectivity index (χ0v) is 10.8. The van der Waals surface area contributed by atoms with Gasteiger partial charge in [0.15, 0.2) is 0 Å². The van der Waals surface area contributed by atoms with Gasteiger partial charge in [0, 0.05) is 23.3 Å². The first kappa shape index (κ1) is 11.2. The molecule has 2 rings (SSSR count). The van der Waals surface area contributed by atoms with Crippen LogP contribution in [0.3, 0.4) is 0 Å². The lowest BCUT2D eigenvalue weighted by Crippen LogP contribution is -2.13. The second-order valence-corrected chi connectivity index (χ2v) is 5.67. The van der Waals surface area contributed by atoms with Crippen molar-refractivity contribution in [2.45, 2.75) is 46.1 Å². The summed E-state index contributed by atoms with van der Waals surface area (Å²) in [6.45, 7) is 11.0. The molecule has 2 aromatic rings. The van der Waals surface area contributed by atoms with Gasteiger partial charge in [-0.15, -0.1) is 0 Å². The van der Waals surface area contributed by atoms with Crippen molar-refractivity contribution in [2.75, 3.05) is 0 Å². The van der Waals surface area contributed by atoms with Crippen LogP contribution in [-0.4, -0.2) is 9.55 Å². The molecule has 0 fully saturated rings. The van der Waals surface area contributed by atoms with Crippen LogP contribution < -0.4 is 0 Å². The van der Waals surface area contributed by atoms with Gasteiger partial charge in [0.05, 0.1) is 11.0 Å². The van der Waals surface area contributed by atoms with Crippen LogP contribution in [0.5, 0.6) is 0 Å². The molecule has 0 radical (unpaired) electrons. The number of aromatic nitrogens is 2. The third-order valence-corrected chi connectivity index (χ3v) is 2.90. The fourth-order valence-electron chi connectivity index (χ4n) is 1.91. The van der Waals surface area contributed by atoms with Crippen molar-refractivity contribution in [3.05, 3.63) is 30.1 Å². The molecule has 0 atom stereocenters. The van der Waals surface area contributed by atoms with Gasteiger partial charge < -0.3 is 4.57 Å². The highest BCUT2D eigenvalue weighted by atomic mass is 15.0. The highest BCUT2D eigenvalue weighted by Gasteiger charge is 2.16. The first-order chi connectivity index (χ1) is 7.39. The average molecular weight is 216 g/mol. The van der Waals surface area contributed by atoms with Gasteiger partial charge in [0.25, 0.3) is 0 Å². The van der Waals surface area contributed by atoms with Gasteiger partial charge >= 0.3 is 0 Å². The predicted octanol–water partition coefficient (Wildman–Crippen LogP) is 3.91. The van der Waals surface area contributed by atoms with Crippen molar-refractivity contribution in [3.8, 4) is 0 Å². The fourth-order valence-corrected chi connectivity index (χ4v) is 1.91. The minimum Gasteiger partial charge on any atom is -0.344 e. The Morgan fingerprint density at radius 1 is 1.12 bits per heavy atom. The number of pyridine rings is 1. The van der Waals surface area contributed by atoms with Crippen molar-refractivity contribution < 1.29 is 0 Å². The Morgan fingerprint density at radius 3 is 2.38 bits per heavy atom. The Bertz CT molecular complexity index is 501. The van der Waals surface area contributed by atoms with Crippen LogP contribution in [0.25, 0.3) is 11.0 Å². The fraction of sp³-hybridized carbons (Fsp3) is 0.500. The van der Waals surface area contributed by atoms with Crippen LogP contribution in [0.2, 0.25) is 0 Å². The Balaban J connectivity index is 2.58. The second-order valence-electron chi connectivity index (χ2n) is 5.67. The van der Waals surface area contributed by atoms with E-state index in [1.807, 2.05) is 0 Å². The molecule has 2 heteroatoms. The quantitative estimate of drug-likeness (QED) is 0.706. The summed E-state index contributed by atoms with van der Waals surface area (Å²) in [5, 5.41) is 0. The lowest BCUT2D eigenvalue weighted by molar-refractivity contribution is 0.571. The largest absolute Gasteiger partial charge is 0.344 e. The summed E-state index contributed by atoms with van der Waals surface area (Å²) in [6.07, 6.45) is 2.12.